The van der Waals surface area contributed by atoms with Crippen LogP contribution in [0.5, 0.6) is 0 Å². The van der Waals surface area contributed by atoms with Crippen molar-refractivity contribution in [3.8, 4) is 0 Å². The van der Waals surface area contributed by atoms with Crippen molar-refractivity contribution >= 4 is 23.2 Å². The molecule has 0 saturated heterocycles. The van der Waals surface area contributed by atoms with Crippen LogP contribution in [-0.2, 0) is 4.79 Å². The fraction of sp³-hybridized carbons (Fsp3) is 0.316. The van der Waals surface area contributed by atoms with E-state index < -0.39 is 0 Å². The fourth-order valence-corrected chi connectivity index (χ4v) is 3.52. The molecule has 0 spiro atoms. The summed E-state index contributed by atoms with van der Waals surface area (Å²) in [5, 5.41) is 3.68. The van der Waals surface area contributed by atoms with Gasteiger partial charge in [-0.1, -0.05) is 61.8 Å². The van der Waals surface area contributed by atoms with Gasteiger partial charge in [-0.05, 0) is 35.6 Å². The third-order valence-corrected chi connectivity index (χ3v) is 4.96. The molecule has 1 aliphatic carbocycles. The standard InChI is InChI=1S/C19H20ClNO/c1-12-9-10-14(20)11-15(12)21-18(22)17-16(19(17,2)3)13-7-5-4-6-8-13/h4-11,16-17H,1-3H3,(H,21,22). The number of rotatable bonds is 3. The van der Waals surface area contributed by atoms with Crippen LogP contribution < -0.4 is 5.32 Å². The number of halogens is 1. The Morgan fingerprint density at radius 2 is 1.82 bits per heavy atom. The Morgan fingerprint density at radius 3 is 2.50 bits per heavy atom. The molecule has 3 heteroatoms. The molecular weight excluding hydrogens is 294 g/mol. The Morgan fingerprint density at radius 1 is 1.14 bits per heavy atom. The fourth-order valence-electron chi connectivity index (χ4n) is 3.35. The zero-order valence-corrected chi connectivity index (χ0v) is 13.8. The summed E-state index contributed by atoms with van der Waals surface area (Å²) in [7, 11) is 0. The van der Waals surface area contributed by atoms with Crippen molar-refractivity contribution in [2.45, 2.75) is 26.7 Å². The average Bonchev–Trinajstić information content (AvgIpc) is 3.06. The molecule has 0 heterocycles. The molecule has 1 aliphatic rings. The summed E-state index contributed by atoms with van der Waals surface area (Å²) in [6.45, 7) is 6.28. The first-order valence-electron chi connectivity index (χ1n) is 7.53. The predicted octanol–water partition coefficient (Wildman–Crippen LogP) is 5.03. The zero-order chi connectivity index (χ0) is 15.9. The number of hydrogen-bond donors (Lipinski definition) is 1. The van der Waals surface area contributed by atoms with Gasteiger partial charge in [0.05, 0.1) is 5.92 Å². The van der Waals surface area contributed by atoms with Gasteiger partial charge in [0.1, 0.15) is 0 Å². The van der Waals surface area contributed by atoms with Gasteiger partial charge in [-0.2, -0.15) is 0 Å². The van der Waals surface area contributed by atoms with Crippen molar-refractivity contribution in [2.75, 3.05) is 5.32 Å². The van der Waals surface area contributed by atoms with Crippen molar-refractivity contribution in [1.29, 1.82) is 0 Å². The van der Waals surface area contributed by atoms with E-state index in [2.05, 4.69) is 31.3 Å². The van der Waals surface area contributed by atoms with E-state index >= 15 is 0 Å². The van der Waals surface area contributed by atoms with Gasteiger partial charge in [0.15, 0.2) is 0 Å². The minimum Gasteiger partial charge on any atom is -0.326 e. The molecule has 2 unspecified atom stereocenters. The quantitative estimate of drug-likeness (QED) is 0.846. The molecule has 0 aromatic heterocycles. The van der Waals surface area contributed by atoms with E-state index in [1.807, 2.05) is 43.3 Å². The van der Waals surface area contributed by atoms with E-state index in [4.69, 9.17) is 11.6 Å². The molecular formula is C19H20ClNO. The highest BCUT2D eigenvalue weighted by atomic mass is 35.5. The van der Waals surface area contributed by atoms with E-state index in [1.165, 1.54) is 5.56 Å². The predicted molar refractivity (Wildman–Crippen MR) is 91.3 cm³/mol. The maximum absolute atomic E-state index is 12.7. The lowest BCUT2D eigenvalue weighted by atomic mass is 10.0. The minimum absolute atomic E-state index is 0.00622. The lowest BCUT2D eigenvalue weighted by Gasteiger charge is -2.09. The van der Waals surface area contributed by atoms with Crippen molar-refractivity contribution in [2.24, 2.45) is 11.3 Å². The van der Waals surface area contributed by atoms with Crippen molar-refractivity contribution in [3.63, 3.8) is 0 Å². The maximum atomic E-state index is 12.7. The summed E-state index contributed by atoms with van der Waals surface area (Å²) in [6.07, 6.45) is 0. The number of amides is 1. The molecule has 2 aromatic rings. The van der Waals surface area contributed by atoms with Gasteiger partial charge >= 0.3 is 0 Å². The highest BCUT2D eigenvalue weighted by Gasteiger charge is 2.62. The van der Waals surface area contributed by atoms with Gasteiger partial charge in [0, 0.05) is 16.6 Å². The summed E-state index contributed by atoms with van der Waals surface area (Å²) in [5.41, 5.74) is 3.03. The second-order valence-corrected chi connectivity index (χ2v) is 7.07. The van der Waals surface area contributed by atoms with Crippen molar-refractivity contribution in [1.82, 2.24) is 0 Å². The van der Waals surface area contributed by atoms with E-state index in [0.717, 1.165) is 11.3 Å². The molecule has 1 saturated carbocycles. The molecule has 0 aliphatic heterocycles. The topological polar surface area (TPSA) is 29.1 Å². The molecule has 1 fully saturated rings. The van der Waals surface area contributed by atoms with Crippen molar-refractivity contribution in [3.05, 3.63) is 64.7 Å². The largest absolute Gasteiger partial charge is 0.326 e. The van der Waals surface area contributed by atoms with Crippen LogP contribution in [0.2, 0.25) is 5.02 Å². The molecule has 114 valence electrons. The van der Waals surface area contributed by atoms with Crippen LogP contribution in [0.15, 0.2) is 48.5 Å². The van der Waals surface area contributed by atoms with Crippen LogP contribution in [-0.4, -0.2) is 5.91 Å². The smallest absolute Gasteiger partial charge is 0.228 e. The summed E-state index contributed by atoms with van der Waals surface area (Å²) >= 11 is 6.02. The normalized spacial score (nSPS) is 22.2. The summed E-state index contributed by atoms with van der Waals surface area (Å²) in [5.74, 6) is 0.339. The van der Waals surface area contributed by atoms with Gasteiger partial charge in [-0.25, -0.2) is 0 Å². The molecule has 3 rings (SSSR count). The average molecular weight is 314 g/mol. The van der Waals surface area contributed by atoms with Crippen LogP contribution in [0, 0.1) is 18.3 Å². The van der Waals surface area contributed by atoms with Gasteiger partial charge in [-0.3, -0.25) is 4.79 Å². The summed E-state index contributed by atoms with van der Waals surface area (Å²) in [6, 6.07) is 15.8. The number of benzene rings is 2. The second kappa shape index (κ2) is 5.44. The molecule has 0 bridgehead atoms. The Balaban J connectivity index is 1.80. The van der Waals surface area contributed by atoms with Crippen LogP contribution in [0.1, 0.15) is 30.9 Å². The van der Waals surface area contributed by atoms with Crippen molar-refractivity contribution < 1.29 is 4.79 Å². The number of carbonyl (C=O) groups is 1. The van der Waals surface area contributed by atoms with E-state index in [-0.39, 0.29) is 23.2 Å². The third kappa shape index (κ3) is 2.64. The molecule has 2 aromatic carbocycles. The zero-order valence-electron chi connectivity index (χ0n) is 13.1. The first-order valence-corrected chi connectivity index (χ1v) is 7.91. The Labute approximate surface area is 136 Å². The van der Waals surface area contributed by atoms with Crippen LogP contribution >= 0.6 is 11.6 Å². The molecule has 22 heavy (non-hydrogen) atoms. The second-order valence-electron chi connectivity index (χ2n) is 6.64. The van der Waals surface area contributed by atoms with Crippen LogP contribution in [0.25, 0.3) is 0 Å². The first kappa shape index (κ1) is 15.1. The Bertz CT molecular complexity index is 709. The van der Waals surface area contributed by atoms with Gasteiger partial charge < -0.3 is 5.32 Å². The van der Waals surface area contributed by atoms with E-state index in [0.29, 0.717) is 5.02 Å². The number of aryl methyl sites for hydroxylation is 1. The Hall–Kier alpha value is -1.80. The number of anilines is 1. The SMILES string of the molecule is Cc1ccc(Cl)cc1NC(=O)C1C(c2ccccc2)C1(C)C. The van der Waals surface area contributed by atoms with Gasteiger partial charge in [0.25, 0.3) is 0 Å². The first-order chi connectivity index (χ1) is 10.4. The molecule has 2 atom stereocenters. The maximum Gasteiger partial charge on any atom is 0.228 e. The summed E-state index contributed by atoms with van der Waals surface area (Å²) < 4.78 is 0. The number of hydrogen-bond acceptors (Lipinski definition) is 1. The molecule has 2 nitrogen and oxygen atoms in total. The van der Waals surface area contributed by atoms with Gasteiger partial charge in [0.2, 0.25) is 5.91 Å². The van der Waals surface area contributed by atoms with Gasteiger partial charge in [-0.15, -0.1) is 0 Å². The number of carbonyl (C=O) groups excluding carboxylic acids is 1. The lowest BCUT2D eigenvalue weighted by molar-refractivity contribution is -0.118. The molecule has 1 amide bonds. The van der Waals surface area contributed by atoms with E-state index in [1.54, 1.807) is 0 Å². The monoisotopic (exact) mass is 313 g/mol. The van der Waals surface area contributed by atoms with E-state index in [9.17, 15) is 4.79 Å². The lowest BCUT2D eigenvalue weighted by Crippen LogP contribution is -2.17. The summed E-state index contributed by atoms with van der Waals surface area (Å²) in [4.78, 5) is 12.7. The Kier molecular flexibility index (Phi) is 3.73. The number of nitrogens with one attached hydrogen (secondary N) is 1. The molecule has 0 radical (unpaired) electrons. The third-order valence-electron chi connectivity index (χ3n) is 4.73. The van der Waals surface area contributed by atoms with Crippen LogP contribution in [0.3, 0.4) is 0 Å². The molecule has 1 N–H and O–H groups in total. The highest BCUT2D eigenvalue weighted by Crippen LogP contribution is 2.64. The highest BCUT2D eigenvalue weighted by molar-refractivity contribution is 6.31. The van der Waals surface area contributed by atoms with Crippen LogP contribution in [0.4, 0.5) is 5.69 Å². The minimum atomic E-state index is -0.0160.